The average molecular weight is 474 g/mol. The van der Waals surface area contributed by atoms with Crippen molar-refractivity contribution < 1.29 is 5.11 Å². The highest BCUT2D eigenvalue weighted by Gasteiger charge is 2.04. The molecule has 1 aromatic heterocycles. The predicted octanol–water partition coefficient (Wildman–Crippen LogP) is 3.42. The fourth-order valence-corrected chi connectivity index (χ4v) is 3.25. The number of aryl methyl sites for hydroxylation is 3. The van der Waals surface area contributed by atoms with E-state index in [0.29, 0.717) is 5.75 Å². The Labute approximate surface area is 171 Å². The van der Waals surface area contributed by atoms with Crippen LogP contribution in [0.1, 0.15) is 27.6 Å². The lowest BCUT2D eigenvalue weighted by atomic mass is 10.1. The zero-order valence-corrected chi connectivity index (χ0v) is 18.1. The second-order valence-corrected chi connectivity index (χ2v) is 6.98. The third-order valence-electron chi connectivity index (χ3n) is 3.80. The van der Waals surface area contributed by atoms with Gasteiger partial charge >= 0.3 is 0 Å². The number of rotatable bonds is 7. The molecule has 0 atom stereocenters. The smallest absolute Gasteiger partial charge is 0.190 e. The summed E-state index contributed by atoms with van der Waals surface area (Å²) in [5, 5.41) is 17.1. The number of hydrogen-bond acceptors (Lipinski definition) is 4. The molecule has 5 nitrogen and oxygen atoms in total. The minimum Gasteiger partial charge on any atom is -0.508 e. The van der Waals surface area contributed by atoms with Gasteiger partial charge in [0.25, 0.3) is 0 Å². The van der Waals surface area contributed by atoms with Crippen molar-refractivity contribution in [1.29, 1.82) is 0 Å². The summed E-state index contributed by atoms with van der Waals surface area (Å²) in [5.74, 6) is 1.14. The number of aromatic hydroxyl groups is 1. The van der Waals surface area contributed by atoms with Gasteiger partial charge in [0, 0.05) is 31.4 Å². The van der Waals surface area contributed by atoms with Gasteiger partial charge in [0.15, 0.2) is 5.96 Å². The van der Waals surface area contributed by atoms with Gasteiger partial charge in [-0.2, -0.15) is 0 Å². The van der Waals surface area contributed by atoms with E-state index in [2.05, 4.69) is 34.5 Å². The van der Waals surface area contributed by atoms with E-state index in [1.54, 1.807) is 30.5 Å². The van der Waals surface area contributed by atoms with Crippen LogP contribution in [0.5, 0.6) is 5.75 Å². The van der Waals surface area contributed by atoms with Crippen molar-refractivity contribution in [1.82, 2.24) is 15.6 Å². The lowest BCUT2D eigenvalue weighted by Crippen LogP contribution is -2.38. The molecule has 0 aliphatic rings. The van der Waals surface area contributed by atoms with Crippen LogP contribution in [0.25, 0.3) is 0 Å². The number of guanidine groups is 1. The Morgan fingerprint density at radius 2 is 1.80 bits per heavy atom. The number of halogens is 1. The van der Waals surface area contributed by atoms with Crippen LogP contribution in [0, 0.1) is 13.8 Å². The Balaban J connectivity index is 0.00000312. The standard InChI is InChI=1S/C18H26N4OS.HI/c1-13-14(2)24-17(22-13)10-12-21-18(19-3)20-11-4-5-15-6-8-16(23)9-7-15;/h6-9,23H,4-5,10-12H2,1-3H3,(H2,19,20,21);1H. The van der Waals surface area contributed by atoms with Crippen LogP contribution in [-0.4, -0.2) is 36.2 Å². The number of phenolic OH excluding ortho intramolecular Hbond substituents is 1. The van der Waals surface area contributed by atoms with Crippen molar-refractivity contribution in [3.63, 3.8) is 0 Å². The quantitative estimate of drug-likeness (QED) is 0.249. The molecule has 0 bridgehead atoms. The lowest BCUT2D eigenvalue weighted by molar-refractivity contribution is 0.475. The number of nitrogens with zero attached hydrogens (tertiary/aromatic N) is 2. The van der Waals surface area contributed by atoms with E-state index in [4.69, 9.17) is 0 Å². The van der Waals surface area contributed by atoms with E-state index >= 15 is 0 Å². The Hall–Kier alpha value is -1.35. The van der Waals surface area contributed by atoms with Gasteiger partial charge in [0.1, 0.15) is 5.75 Å². The van der Waals surface area contributed by atoms with Gasteiger partial charge in [-0.05, 0) is 44.4 Å². The summed E-state index contributed by atoms with van der Waals surface area (Å²) in [6.07, 6.45) is 2.89. The molecule has 2 aromatic rings. The van der Waals surface area contributed by atoms with Crippen molar-refractivity contribution >= 4 is 41.3 Å². The van der Waals surface area contributed by atoms with E-state index < -0.39 is 0 Å². The average Bonchev–Trinajstić information content (AvgIpc) is 2.89. The number of thiazole rings is 1. The number of phenols is 1. The Bertz CT molecular complexity index is 651. The van der Waals surface area contributed by atoms with E-state index in [-0.39, 0.29) is 24.0 Å². The van der Waals surface area contributed by atoms with Crippen molar-refractivity contribution in [3.8, 4) is 5.75 Å². The third kappa shape index (κ3) is 7.60. The van der Waals surface area contributed by atoms with Crippen LogP contribution >= 0.6 is 35.3 Å². The molecule has 0 amide bonds. The van der Waals surface area contributed by atoms with Crippen molar-refractivity contribution in [3.05, 3.63) is 45.4 Å². The summed E-state index contributed by atoms with van der Waals surface area (Å²) in [5.41, 5.74) is 2.36. The molecular formula is C18H27IN4OS. The van der Waals surface area contributed by atoms with Gasteiger partial charge in [-0.15, -0.1) is 35.3 Å². The molecule has 1 aromatic carbocycles. The molecule has 0 saturated heterocycles. The first-order valence-electron chi connectivity index (χ1n) is 8.24. The van der Waals surface area contributed by atoms with Gasteiger partial charge < -0.3 is 15.7 Å². The highest BCUT2D eigenvalue weighted by atomic mass is 127. The second kappa shape index (κ2) is 11.3. The normalized spacial score (nSPS) is 11.1. The minimum atomic E-state index is 0. The van der Waals surface area contributed by atoms with Crippen LogP contribution in [0.2, 0.25) is 0 Å². The van der Waals surface area contributed by atoms with Gasteiger partial charge in [-0.1, -0.05) is 12.1 Å². The Kier molecular flexibility index (Phi) is 9.81. The van der Waals surface area contributed by atoms with E-state index in [0.717, 1.165) is 44.0 Å². The first-order valence-corrected chi connectivity index (χ1v) is 9.05. The van der Waals surface area contributed by atoms with Crippen molar-refractivity contribution in [2.75, 3.05) is 20.1 Å². The summed E-state index contributed by atoms with van der Waals surface area (Å²) in [4.78, 5) is 10.1. The summed E-state index contributed by atoms with van der Waals surface area (Å²) < 4.78 is 0. The molecule has 3 N–H and O–H groups in total. The maximum atomic E-state index is 9.27. The zero-order chi connectivity index (χ0) is 17.4. The largest absolute Gasteiger partial charge is 0.508 e. The number of nitrogens with one attached hydrogen (secondary N) is 2. The second-order valence-electron chi connectivity index (χ2n) is 5.69. The summed E-state index contributed by atoms with van der Waals surface area (Å²) in [6, 6.07) is 7.37. The predicted molar refractivity (Wildman–Crippen MR) is 116 cm³/mol. The Morgan fingerprint density at radius 1 is 1.12 bits per heavy atom. The van der Waals surface area contributed by atoms with Crippen LogP contribution in [0.4, 0.5) is 0 Å². The minimum absolute atomic E-state index is 0. The highest BCUT2D eigenvalue weighted by molar-refractivity contribution is 14.0. The summed E-state index contributed by atoms with van der Waals surface area (Å²) >= 11 is 1.76. The van der Waals surface area contributed by atoms with Crippen LogP contribution in [0.15, 0.2) is 29.3 Å². The lowest BCUT2D eigenvalue weighted by Gasteiger charge is -2.11. The maximum Gasteiger partial charge on any atom is 0.190 e. The Morgan fingerprint density at radius 3 is 2.40 bits per heavy atom. The highest BCUT2D eigenvalue weighted by Crippen LogP contribution is 2.16. The van der Waals surface area contributed by atoms with E-state index in [1.165, 1.54) is 15.4 Å². The molecule has 0 aliphatic heterocycles. The molecule has 0 saturated carbocycles. The number of benzene rings is 1. The number of aliphatic imine (C=N–C) groups is 1. The molecule has 7 heteroatoms. The number of hydrogen-bond donors (Lipinski definition) is 3. The van der Waals surface area contributed by atoms with Crippen molar-refractivity contribution in [2.45, 2.75) is 33.1 Å². The molecule has 2 rings (SSSR count). The van der Waals surface area contributed by atoms with E-state index in [1.807, 2.05) is 12.1 Å². The molecule has 25 heavy (non-hydrogen) atoms. The molecule has 1 heterocycles. The summed E-state index contributed by atoms with van der Waals surface area (Å²) in [7, 11) is 1.78. The summed E-state index contributed by atoms with van der Waals surface area (Å²) in [6.45, 7) is 5.84. The SMILES string of the molecule is CN=C(NCCCc1ccc(O)cc1)NCCc1nc(C)c(C)s1.I. The molecular weight excluding hydrogens is 447 g/mol. The fourth-order valence-electron chi connectivity index (χ4n) is 2.32. The zero-order valence-electron chi connectivity index (χ0n) is 15.0. The van der Waals surface area contributed by atoms with E-state index in [9.17, 15) is 5.11 Å². The van der Waals surface area contributed by atoms with Crippen LogP contribution in [-0.2, 0) is 12.8 Å². The molecule has 0 fully saturated rings. The molecule has 0 unspecified atom stereocenters. The molecule has 0 spiro atoms. The van der Waals surface area contributed by atoms with Crippen LogP contribution in [0.3, 0.4) is 0 Å². The molecule has 0 radical (unpaired) electrons. The fraction of sp³-hybridized carbons (Fsp3) is 0.444. The molecule has 138 valence electrons. The van der Waals surface area contributed by atoms with Gasteiger partial charge in [-0.25, -0.2) is 4.98 Å². The maximum absolute atomic E-state index is 9.27. The van der Waals surface area contributed by atoms with Gasteiger partial charge in [0.05, 0.1) is 10.7 Å². The third-order valence-corrected chi connectivity index (χ3v) is 4.93. The number of aromatic nitrogens is 1. The first-order chi connectivity index (χ1) is 11.6. The van der Waals surface area contributed by atoms with Crippen LogP contribution < -0.4 is 10.6 Å². The van der Waals surface area contributed by atoms with Gasteiger partial charge in [0.2, 0.25) is 0 Å². The van der Waals surface area contributed by atoms with Gasteiger partial charge in [-0.3, -0.25) is 4.99 Å². The van der Waals surface area contributed by atoms with Crippen molar-refractivity contribution in [2.24, 2.45) is 4.99 Å². The first kappa shape index (κ1) is 21.7. The topological polar surface area (TPSA) is 69.5 Å². The molecule has 0 aliphatic carbocycles. The monoisotopic (exact) mass is 474 g/mol.